The number of hydrogen-bond donors (Lipinski definition) is 2. The van der Waals surface area contributed by atoms with Crippen molar-refractivity contribution in [2.75, 3.05) is 26.7 Å². The van der Waals surface area contributed by atoms with Crippen LogP contribution in [0.25, 0.3) is 0 Å². The van der Waals surface area contributed by atoms with Gasteiger partial charge >= 0.3 is 5.97 Å². The molecular formula is C17H32IN3O3. The number of halogens is 1. The van der Waals surface area contributed by atoms with Gasteiger partial charge in [0.1, 0.15) is 5.60 Å². The molecule has 1 aliphatic carbocycles. The highest BCUT2D eigenvalue weighted by atomic mass is 127. The van der Waals surface area contributed by atoms with Crippen molar-refractivity contribution >= 4 is 35.9 Å². The highest BCUT2D eigenvalue weighted by Crippen LogP contribution is 2.25. The Bertz CT molecular complexity index is 451. The molecular weight excluding hydrogens is 421 g/mol. The van der Waals surface area contributed by atoms with Crippen molar-refractivity contribution in [3.05, 3.63) is 0 Å². The van der Waals surface area contributed by atoms with Crippen LogP contribution in [0, 0.1) is 11.8 Å². The first-order valence-electron chi connectivity index (χ1n) is 8.66. The zero-order valence-electron chi connectivity index (χ0n) is 15.2. The lowest BCUT2D eigenvalue weighted by atomic mass is 10.1. The van der Waals surface area contributed by atoms with E-state index in [9.17, 15) is 9.90 Å². The van der Waals surface area contributed by atoms with Gasteiger partial charge in [0.2, 0.25) is 0 Å². The van der Waals surface area contributed by atoms with E-state index in [0.29, 0.717) is 12.5 Å². The van der Waals surface area contributed by atoms with Crippen molar-refractivity contribution in [3.63, 3.8) is 0 Å². The van der Waals surface area contributed by atoms with E-state index >= 15 is 0 Å². The van der Waals surface area contributed by atoms with Gasteiger partial charge < -0.3 is 20.1 Å². The molecule has 1 saturated carbocycles. The molecule has 7 heteroatoms. The normalized spacial score (nSPS) is 27.8. The minimum absolute atomic E-state index is 0. The number of ether oxygens (including phenoxy) is 1. The maximum absolute atomic E-state index is 12.2. The summed E-state index contributed by atoms with van der Waals surface area (Å²) in [5.41, 5.74) is -0.441. The van der Waals surface area contributed by atoms with Gasteiger partial charge in [0, 0.05) is 32.6 Å². The van der Waals surface area contributed by atoms with Crippen LogP contribution in [0.3, 0.4) is 0 Å². The van der Waals surface area contributed by atoms with Crippen LogP contribution in [-0.4, -0.2) is 60.3 Å². The second kappa shape index (κ2) is 9.22. The van der Waals surface area contributed by atoms with E-state index < -0.39 is 5.60 Å². The number of guanidine groups is 1. The summed E-state index contributed by atoms with van der Waals surface area (Å²) in [6.07, 6.45) is 3.65. The second-order valence-corrected chi connectivity index (χ2v) is 7.65. The monoisotopic (exact) mass is 453 g/mol. The number of esters is 1. The molecule has 0 aromatic heterocycles. The largest absolute Gasteiger partial charge is 0.460 e. The first-order chi connectivity index (χ1) is 10.8. The van der Waals surface area contributed by atoms with Crippen LogP contribution in [0.1, 0.15) is 46.5 Å². The predicted octanol–water partition coefficient (Wildman–Crippen LogP) is 2.00. The lowest BCUT2D eigenvalue weighted by Gasteiger charge is -2.25. The lowest BCUT2D eigenvalue weighted by molar-refractivity contribution is -0.159. The van der Waals surface area contributed by atoms with Crippen molar-refractivity contribution in [2.24, 2.45) is 16.8 Å². The number of rotatable bonds is 3. The van der Waals surface area contributed by atoms with Gasteiger partial charge in [-0.2, -0.15) is 0 Å². The van der Waals surface area contributed by atoms with Crippen LogP contribution < -0.4 is 5.32 Å². The van der Waals surface area contributed by atoms with Gasteiger partial charge in [-0.3, -0.25) is 9.79 Å². The molecule has 0 radical (unpaired) electrons. The van der Waals surface area contributed by atoms with Crippen LogP contribution in [0.2, 0.25) is 0 Å². The van der Waals surface area contributed by atoms with Gasteiger partial charge in [0.15, 0.2) is 5.96 Å². The molecule has 3 atom stereocenters. The highest BCUT2D eigenvalue weighted by molar-refractivity contribution is 14.0. The Kier molecular flexibility index (Phi) is 8.25. The molecule has 0 aromatic rings. The number of carbonyl (C=O) groups is 1. The van der Waals surface area contributed by atoms with E-state index in [0.717, 1.165) is 44.7 Å². The van der Waals surface area contributed by atoms with Crippen molar-refractivity contribution in [1.82, 2.24) is 10.2 Å². The molecule has 0 spiro atoms. The number of aliphatic hydroxyl groups excluding tert-OH is 1. The van der Waals surface area contributed by atoms with E-state index in [1.165, 1.54) is 0 Å². The maximum atomic E-state index is 12.2. The Labute approximate surface area is 162 Å². The third kappa shape index (κ3) is 6.06. The average Bonchev–Trinajstić information content (AvgIpc) is 3.08. The molecule has 1 saturated heterocycles. The number of nitrogens with one attached hydrogen (secondary N) is 1. The molecule has 1 aliphatic heterocycles. The van der Waals surface area contributed by atoms with Crippen molar-refractivity contribution in [2.45, 2.75) is 58.2 Å². The van der Waals surface area contributed by atoms with Crippen LogP contribution in [0.5, 0.6) is 0 Å². The smallest absolute Gasteiger partial charge is 0.311 e. The van der Waals surface area contributed by atoms with Crippen molar-refractivity contribution < 1.29 is 14.6 Å². The Balaban J connectivity index is 0.00000288. The molecule has 6 nitrogen and oxygen atoms in total. The highest BCUT2D eigenvalue weighted by Gasteiger charge is 2.33. The topological polar surface area (TPSA) is 74.2 Å². The van der Waals surface area contributed by atoms with Gasteiger partial charge in [0.25, 0.3) is 0 Å². The molecule has 0 aromatic carbocycles. The van der Waals surface area contributed by atoms with Gasteiger partial charge in [-0.05, 0) is 40.0 Å². The summed E-state index contributed by atoms with van der Waals surface area (Å²) in [6.45, 7) is 7.86. The molecule has 0 amide bonds. The van der Waals surface area contributed by atoms with E-state index in [1.54, 1.807) is 7.05 Å². The molecule has 24 heavy (non-hydrogen) atoms. The quantitative estimate of drug-likeness (QED) is 0.296. The molecule has 2 N–H and O–H groups in total. The number of nitrogens with zero attached hydrogens (tertiary/aromatic N) is 2. The summed E-state index contributed by atoms with van der Waals surface area (Å²) in [5.74, 6) is 0.901. The van der Waals surface area contributed by atoms with Crippen molar-refractivity contribution in [3.8, 4) is 0 Å². The summed E-state index contributed by atoms with van der Waals surface area (Å²) in [4.78, 5) is 18.6. The molecule has 2 fully saturated rings. The SMILES string of the molecule is CN=C(NCC1CCCC1O)N1CCC(C(=O)OC(C)(C)C)C1.I. The standard InChI is InChI=1S/C17H31N3O3.HI/c1-17(2,3)23-15(22)13-8-9-20(11-13)16(18-4)19-10-12-6-5-7-14(12)21;/h12-14,21H,5-11H2,1-4H3,(H,18,19);1H. The molecule has 3 unspecified atom stereocenters. The van der Waals surface area contributed by atoms with E-state index in [-0.39, 0.29) is 42.0 Å². The van der Waals surface area contributed by atoms with Gasteiger partial charge in [-0.25, -0.2) is 0 Å². The average molecular weight is 453 g/mol. The van der Waals surface area contributed by atoms with Gasteiger partial charge in [-0.15, -0.1) is 24.0 Å². The summed E-state index contributed by atoms with van der Waals surface area (Å²) >= 11 is 0. The van der Waals surface area contributed by atoms with E-state index in [2.05, 4.69) is 15.2 Å². The van der Waals surface area contributed by atoms with Crippen LogP contribution in [0.4, 0.5) is 0 Å². The maximum Gasteiger partial charge on any atom is 0.311 e. The third-order valence-electron chi connectivity index (χ3n) is 4.58. The summed E-state index contributed by atoms with van der Waals surface area (Å²) in [6, 6.07) is 0. The van der Waals surface area contributed by atoms with Gasteiger partial charge in [0.05, 0.1) is 12.0 Å². The van der Waals surface area contributed by atoms with E-state index in [4.69, 9.17) is 4.74 Å². The molecule has 1 heterocycles. The number of aliphatic hydroxyl groups is 1. The fourth-order valence-electron chi connectivity index (χ4n) is 3.34. The van der Waals surface area contributed by atoms with Crippen LogP contribution >= 0.6 is 24.0 Å². The Morgan fingerprint density at radius 3 is 2.58 bits per heavy atom. The molecule has 0 bridgehead atoms. The first-order valence-corrected chi connectivity index (χ1v) is 8.66. The molecule has 140 valence electrons. The summed E-state index contributed by atoms with van der Waals surface area (Å²) in [7, 11) is 1.76. The number of hydrogen-bond acceptors (Lipinski definition) is 4. The second-order valence-electron chi connectivity index (χ2n) is 7.65. The fourth-order valence-corrected chi connectivity index (χ4v) is 3.34. The minimum atomic E-state index is -0.441. The lowest BCUT2D eigenvalue weighted by Crippen LogP contribution is -2.43. The zero-order valence-corrected chi connectivity index (χ0v) is 17.6. The zero-order chi connectivity index (χ0) is 17.0. The number of likely N-dealkylation sites (tertiary alicyclic amines) is 1. The first kappa shape index (κ1) is 21.5. The number of aliphatic imine (C=N–C) groups is 1. The fraction of sp³-hybridized carbons (Fsp3) is 0.882. The number of carbonyl (C=O) groups excluding carboxylic acids is 1. The summed E-state index contributed by atoms with van der Waals surface area (Å²) in [5, 5.41) is 13.3. The third-order valence-corrected chi connectivity index (χ3v) is 4.58. The Morgan fingerprint density at radius 2 is 2.04 bits per heavy atom. The predicted molar refractivity (Wildman–Crippen MR) is 106 cm³/mol. The molecule has 2 aliphatic rings. The van der Waals surface area contributed by atoms with Gasteiger partial charge in [-0.1, -0.05) is 6.42 Å². The van der Waals surface area contributed by atoms with Crippen LogP contribution in [0.15, 0.2) is 4.99 Å². The van der Waals surface area contributed by atoms with Crippen molar-refractivity contribution in [1.29, 1.82) is 0 Å². The molecule has 2 rings (SSSR count). The summed E-state index contributed by atoms with van der Waals surface area (Å²) < 4.78 is 5.48. The minimum Gasteiger partial charge on any atom is -0.460 e. The Morgan fingerprint density at radius 1 is 1.33 bits per heavy atom. The van der Waals surface area contributed by atoms with Crippen LogP contribution in [-0.2, 0) is 9.53 Å². The van der Waals surface area contributed by atoms with E-state index in [1.807, 2.05) is 20.8 Å². The Hall–Kier alpha value is -0.570.